The molecule has 2 aromatic carbocycles. The van der Waals surface area contributed by atoms with Crippen molar-refractivity contribution < 1.29 is 29.5 Å². The van der Waals surface area contributed by atoms with Crippen LogP contribution in [0, 0.1) is 11.8 Å². The fourth-order valence-electron chi connectivity index (χ4n) is 2.49. The summed E-state index contributed by atoms with van der Waals surface area (Å²) in [5.74, 6) is 4.24. The van der Waals surface area contributed by atoms with Crippen LogP contribution >= 0.6 is 0 Å². The first-order valence-electron chi connectivity index (χ1n) is 9.56. The highest BCUT2D eigenvalue weighted by atomic mass is 16.5. The van der Waals surface area contributed by atoms with Crippen LogP contribution in [0.3, 0.4) is 0 Å². The van der Waals surface area contributed by atoms with Crippen LogP contribution in [0.25, 0.3) is 0 Å². The van der Waals surface area contributed by atoms with E-state index in [-0.39, 0.29) is 11.5 Å². The Balaban J connectivity index is 2.06. The molecule has 10 nitrogen and oxygen atoms in total. The van der Waals surface area contributed by atoms with Crippen LogP contribution in [0.2, 0.25) is 0 Å². The summed E-state index contributed by atoms with van der Waals surface area (Å²) >= 11 is 0. The van der Waals surface area contributed by atoms with Gasteiger partial charge in [-0.25, -0.2) is 10.3 Å². The van der Waals surface area contributed by atoms with Crippen LogP contribution in [0.5, 0.6) is 0 Å². The Morgan fingerprint density at radius 2 is 1.69 bits per heavy atom. The lowest BCUT2D eigenvalue weighted by Gasteiger charge is -2.16. The lowest BCUT2D eigenvalue weighted by Crippen LogP contribution is -2.51. The average molecular weight is 438 g/mol. The lowest BCUT2D eigenvalue weighted by atomic mass is 10.1. The molecule has 0 saturated heterocycles. The van der Waals surface area contributed by atoms with Gasteiger partial charge in [-0.15, -0.1) is 0 Å². The first-order chi connectivity index (χ1) is 15.3. The van der Waals surface area contributed by atoms with Crippen LogP contribution < -0.4 is 21.4 Å². The van der Waals surface area contributed by atoms with E-state index < -0.39 is 30.5 Å². The normalized spacial score (nSPS) is 10.7. The second kappa shape index (κ2) is 11.7. The van der Waals surface area contributed by atoms with E-state index in [1.807, 2.05) is 5.32 Å². The van der Waals surface area contributed by atoms with Crippen molar-refractivity contribution in [1.82, 2.24) is 16.1 Å². The highest BCUT2D eigenvalue weighted by molar-refractivity contribution is 5.97. The maximum atomic E-state index is 12.3. The second-order valence-electron chi connectivity index (χ2n) is 6.50. The van der Waals surface area contributed by atoms with Crippen molar-refractivity contribution >= 4 is 29.5 Å². The third kappa shape index (κ3) is 7.47. The zero-order chi connectivity index (χ0) is 23.5. The van der Waals surface area contributed by atoms with Gasteiger partial charge in [0.1, 0.15) is 6.04 Å². The van der Waals surface area contributed by atoms with E-state index in [0.717, 1.165) is 0 Å². The maximum Gasteiger partial charge on any atom is 0.404 e. The summed E-state index contributed by atoms with van der Waals surface area (Å²) in [6.07, 6.45) is -1.01. The Morgan fingerprint density at radius 1 is 1.00 bits per heavy atom. The highest BCUT2D eigenvalue weighted by Gasteiger charge is 2.21. The Labute approximate surface area is 184 Å². The molecule has 0 bridgehead atoms. The summed E-state index contributed by atoms with van der Waals surface area (Å²) in [5.41, 5.74) is 3.56. The predicted molar refractivity (Wildman–Crippen MR) is 115 cm³/mol. The molecule has 4 amide bonds. The molecule has 32 heavy (non-hydrogen) atoms. The maximum absolute atomic E-state index is 12.3. The lowest BCUT2D eigenvalue weighted by molar-refractivity contribution is -0.131. The number of carbonyl (C=O) groups is 4. The number of amides is 4. The Morgan fingerprint density at radius 3 is 2.31 bits per heavy atom. The van der Waals surface area contributed by atoms with Crippen LogP contribution in [0.15, 0.2) is 48.5 Å². The molecule has 0 aliphatic heterocycles. The van der Waals surface area contributed by atoms with Gasteiger partial charge in [0.2, 0.25) is 5.91 Å². The van der Waals surface area contributed by atoms with Gasteiger partial charge in [0, 0.05) is 28.8 Å². The van der Waals surface area contributed by atoms with E-state index in [4.69, 9.17) is 10.3 Å². The van der Waals surface area contributed by atoms with Crippen LogP contribution in [-0.4, -0.2) is 46.7 Å². The summed E-state index contributed by atoms with van der Waals surface area (Å²) in [7, 11) is 0. The minimum Gasteiger partial charge on any atom is -0.465 e. The van der Waals surface area contributed by atoms with Gasteiger partial charge < -0.3 is 21.1 Å². The Kier molecular flexibility index (Phi) is 8.77. The fourth-order valence-corrected chi connectivity index (χ4v) is 2.49. The Bertz CT molecular complexity index is 1060. The van der Waals surface area contributed by atoms with Crippen molar-refractivity contribution in [3.05, 3.63) is 65.2 Å². The molecular weight excluding hydrogens is 416 g/mol. The van der Waals surface area contributed by atoms with E-state index in [0.29, 0.717) is 23.2 Å². The van der Waals surface area contributed by atoms with E-state index in [2.05, 4.69) is 22.5 Å². The van der Waals surface area contributed by atoms with Gasteiger partial charge in [-0.2, -0.15) is 0 Å². The molecule has 0 aliphatic rings. The molecule has 166 valence electrons. The minimum atomic E-state index is -1.38. The predicted octanol–water partition coefficient (Wildman–Crippen LogP) is 1.31. The first kappa shape index (κ1) is 23.9. The SMILES string of the molecule is CCC(=O)Nc1cccc(C#Cc2ccc(C(=O)NC(CNC(=O)O)C(=O)NO)cc2)c1. The monoisotopic (exact) mass is 438 g/mol. The zero-order valence-electron chi connectivity index (χ0n) is 17.1. The molecule has 0 radical (unpaired) electrons. The summed E-state index contributed by atoms with van der Waals surface area (Å²) in [5, 5.41) is 24.5. The third-order valence-corrected chi connectivity index (χ3v) is 4.16. The highest BCUT2D eigenvalue weighted by Crippen LogP contribution is 2.11. The molecular formula is C22H22N4O6. The van der Waals surface area contributed by atoms with Crippen LogP contribution in [0.1, 0.15) is 34.8 Å². The molecule has 0 aromatic heterocycles. The molecule has 2 rings (SSSR count). The molecule has 0 spiro atoms. The molecule has 0 fully saturated rings. The van der Waals surface area contributed by atoms with E-state index in [9.17, 15) is 19.2 Å². The molecule has 1 atom stereocenters. The minimum absolute atomic E-state index is 0.0959. The molecule has 1 unspecified atom stereocenters. The average Bonchev–Trinajstić information content (AvgIpc) is 2.80. The van der Waals surface area contributed by atoms with E-state index >= 15 is 0 Å². The molecule has 10 heteroatoms. The van der Waals surface area contributed by atoms with E-state index in [1.54, 1.807) is 43.3 Å². The molecule has 2 aromatic rings. The third-order valence-electron chi connectivity index (χ3n) is 4.16. The number of hydroxylamine groups is 1. The second-order valence-corrected chi connectivity index (χ2v) is 6.50. The van der Waals surface area contributed by atoms with Gasteiger partial charge in [0.15, 0.2) is 0 Å². The molecule has 0 saturated carbocycles. The van der Waals surface area contributed by atoms with Crippen molar-refractivity contribution in [2.24, 2.45) is 0 Å². The molecule has 0 heterocycles. The number of rotatable bonds is 7. The smallest absolute Gasteiger partial charge is 0.404 e. The van der Waals surface area contributed by atoms with Gasteiger partial charge in [0.25, 0.3) is 11.8 Å². The number of carboxylic acid groups (broad SMARTS) is 1. The number of carbonyl (C=O) groups excluding carboxylic acids is 3. The molecule has 6 N–H and O–H groups in total. The summed E-state index contributed by atoms with van der Waals surface area (Å²) in [6.45, 7) is 1.34. The van der Waals surface area contributed by atoms with Gasteiger partial charge in [-0.1, -0.05) is 24.8 Å². The largest absolute Gasteiger partial charge is 0.465 e. The summed E-state index contributed by atoms with van der Waals surface area (Å²) in [4.78, 5) is 46.1. The number of hydrogen-bond acceptors (Lipinski definition) is 5. The van der Waals surface area contributed by atoms with Crippen molar-refractivity contribution in [3.63, 3.8) is 0 Å². The zero-order valence-corrected chi connectivity index (χ0v) is 17.1. The van der Waals surface area contributed by atoms with Gasteiger partial charge in [-0.05, 0) is 42.5 Å². The van der Waals surface area contributed by atoms with Gasteiger partial charge in [0.05, 0.1) is 6.54 Å². The van der Waals surface area contributed by atoms with Crippen LogP contribution in [0.4, 0.5) is 10.5 Å². The number of anilines is 1. The van der Waals surface area contributed by atoms with Crippen molar-refractivity contribution in [2.45, 2.75) is 19.4 Å². The van der Waals surface area contributed by atoms with Crippen molar-refractivity contribution in [2.75, 3.05) is 11.9 Å². The van der Waals surface area contributed by atoms with Crippen molar-refractivity contribution in [3.8, 4) is 11.8 Å². The first-order valence-corrected chi connectivity index (χ1v) is 9.56. The summed E-state index contributed by atoms with van der Waals surface area (Å²) in [6, 6.07) is 12.0. The number of nitrogens with one attached hydrogen (secondary N) is 4. The quantitative estimate of drug-likeness (QED) is 0.217. The Hall–Kier alpha value is -4.36. The van der Waals surface area contributed by atoms with Crippen molar-refractivity contribution in [1.29, 1.82) is 0 Å². The summed E-state index contributed by atoms with van der Waals surface area (Å²) < 4.78 is 0. The van der Waals surface area contributed by atoms with Gasteiger partial charge >= 0.3 is 6.09 Å². The number of hydrogen-bond donors (Lipinski definition) is 6. The number of benzene rings is 2. The van der Waals surface area contributed by atoms with Gasteiger partial charge in [-0.3, -0.25) is 19.6 Å². The fraction of sp³-hybridized carbons (Fsp3) is 0.182. The molecule has 0 aliphatic carbocycles. The topological polar surface area (TPSA) is 157 Å². The van der Waals surface area contributed by atoms with Crippen LogP contribution in [-0.2, 0) is 9.59 Å². The standard InChI is InChI=1S/C22H22N4O6/c1-2-19(27)24-17-5-3-4-15(12-17)7-6-14-8-10-16(11-9-14)20(28)25-18(21(29)26-32)13-23-22(30)31/h3-5,8-12,18,23,32H,2,13H2,1H3,(H,24,27)(H,25,28)(H,26,29)(H,30,31). The van der Waals surface area contributed by atoms with E-state index in [1.165, 1.54) is 17.6 Å².